The number of piperidine rings is 1. The third kappa shape index (κ3) is 5.04. The van der Waals surface area contributed by atoms with Gasteiger partial charge in [-0.05, 0) is 72.9 Å². The molecule has 182 valence electrons. The number of ether oxygens (including phenoxy) is 1. The van der Waals surface area contributed by atoms with Crippen LogP contribution in [0.5, 0.6) is 5.75 Å². The maximum Gasteiger partial charge on any atom is 0.254 e. The number of fused-ring (bicyclic) bond motifs is 1. The lowest BCUT2D eigenvalue weighted by Crippen LogP contribution is -2.33. The molecule has 3 heterocycles. The highest BCUT2D eigenvalue weighted by Gasteiger charge is 2.22. The van der Waals surface area contributed by atoms with Crippen molar-refractivity contribution >= 4 is 11.9 Å². The molecule has 3 aromatic rings. The molecule has 5 heteroatoms. The van der Waals surface area contributed by atoms with Crippen LogP contribution in [0.25, 0.3) is 17.2 Å². The van der Waals surface area contributed by atoms with Crippen molar-refractivity contribution in [1.29, 1.82) is 0 Å². The predicted molar refractivity (Wildman–Crippen MR) is 143 cm³/mol. The minimum Gasteiger partial charge on any atom is -0.494 e. The monoisotopic (exact) mass is 469 g/mol. The van der Waals surface area contributed by atoms with Crippen molar-refractivity contribution in [3.8, 4) is 16.9 Å². The molecule has 5 rings (SSSR count). The molecular weight excluding hydrogens is 434 g/mol. The second kappa shape index (κ2) is 10.1. The Morgan fingerprint density at radius 2 is 1.86 bits per heavy atom. The first-order valence-electron chi connectivity index (χ1n) is 12.8. The number of nitrogens with zero attached hydrogens (tertiary/aromatic N) is 3. The lowest BCUT2D eigenvalue weighted by atomic mass is 9.89. The Balaban J connectivity index is 1.21. The number of allylic oxidation sites excluding steroid dienone is 1. The van der Waals surface area contributed by atoms with E-state index in [0.29, 0.717) is 18.3 Å². The average molecular weight is 470 g/mol. The van der Waals surface area contributed by atoms with E-state index in [-0.39, 0.29) is 5.56 Å². The Bertz CT molecular complexity index is 1250. The minimum absolute atomic E-state index is 0.0921. The van der Waals surface area contributed by atoms with Gasteiger partial charge in [0, 0.05) is 49.2 Å². The summed E-state index contributed by atoms with van der Waals surface area (Å²) in [6.07, 6.45) is 12.0. The maximum atomic E-state index is 12.4. The van der Waals surface area contributed by atoms with Crippen LogP contribution in [-0.4, -0.2) is 29.2 Å². The summed E-state index contributed by atoms with van der Waals surface area (Å²) in [4.78, 5) is 19.6. The summed E-state index contributed by atoms with van der Waals surface area (Å²) in [5.41, 5.74) is 5.55. The van der Waals surface area contributed by atoms with Crippen molar-refractivity contribution in [2.45, 2.75) is 45.4 Å². The lowest BCUT2D eigenvalue weighted by Gasteiger charge is -2.33. The number of aryl methyl sites for hydroxylation is 1. The summed E-state index contributed by atoms with van der Waals surface area (Å²) >= 11 is 0. The van der Waals surface area contributed by atoms with Gasteiger partial charge in [0.05, 0.1) is 6.61 Å². The molecule has 5 nitrogen and oxygen atoms in total. The van der Waals surface area contributed by atoms with Crippen molar-refractivity contribution in [1.82, 2.24) is 9.55 Å². The molecule has 1 aliphatic heterocycles. The van der Waals surface area contributed by atoms with Gasteiger partial charge in [-0.2, -0.15) is 0 Å². The molecule has 1 saturated heterocycles. The van der Waals surface area contributed by atoms with Gasteiger partial charge in [0.2, 0.25) is 0 Å². The van der Waals surface area contributed by atoms with E-state index in [0.717, 1.165) is 72.8 Å². The molecule has 1 aromatic carbocycles. The molecule has 0 saturated carbocycles. The first-order chi connectivity index (χ1) is 17.0. The SMILES string of the molecule is CC(C)CCOc1ccc(C2CCN(c3ccc(-c4cn(C)c(=O)c5c4C=CC5)cn3)CC2)cc1. The molecule has 0 atom stereocenters. The molecule has 0 spiro atoms. The van der Waals surface area contributed by atoms with Gasteiger partial charge in [-0.15, -0.1) is 0 Å². The highest BCUT2D eigenvalue weighted by atomic mass is 16.5. The molecule has 0 unspecified atom stereocenters. The molecule has 2 aliphatic rings. The third-order valence-electron chi connectivity index (χ3n) is 7.32. The van der Waals surface area contributed by atoms with Crippen LogP contribution < -0.4 is 15.2 Å². The van der Waals surface area contributed by atoms with Gasteiger partial charge in [-0.1, -0.05) is 38.1 Å². The number of pyridine rings is 2. The molecule has 0 bridgehead atoms. The van der Waals surface area contributed by atoms with E-state index in [1.54, 1.807) is 4.57 Å². The number of rotatable bonds is 7. The summed E-state index contributed by atoms with van der Waals surface area (Å²) in [5.74, 6) is 3.24. The topological polar surface area (TPSA) is 47.4 Å². The van der Waals surface area contributed by atoms with E-state index < -0.39 is 0 Å². The molecule has 2 aromatic heterocycles. The Morgan fingerprint density at radius 3 is 2.54 bits per heavy atom. The van der Waals surface area contributed by atoms with Crippen LogP contribution >= 0.6 is 0 Å². The van der Waals surface area contributed by atoms with Gasteiger partial charge in [0.25, 0.3) is 5.56 Å². The van der Waals surface area contributed by atoms with Crippen LogP contribution in [0, 0.1) is 5.92 Å². The number of anilines is 1. The maximum absolute atomic E-state index is 12.4. The Labute approximate surface area is 208 Å². The van der Waals surface area contributed by atoms with Crippen LogP contribution in [0.2, 0.25) is 0 Å². The smallest absolute Gasteiger partial charge is 0.254 e. The minimum atomic E-state index is 0.0921. The van der Waals surface area contributed by atoms with E-state index in [1.165, 1.54) is 5.56 Å². The Kier molecular flexibility index (Phi) is 6.76. The lowest BCUT2D eigenvalue weighted by molar-refractivity contribution is 0.289. The molecule has 0 amide bonds. The highest BCUT2D eigenvalue weighted by Crippen LogP contribution is 2.33. The van der Waals surface area contributed by atoms with Crippen molar-refractivity contribution < 1.29 is 4.74 Å². The van der Waals surface area contributed by atoms with E-state index in [2.05, 4.69) is 67.3 Å². The van der Waals surface area contributed by atoms with Crippen molar-refractivity contribution in [3.63, 3.8) is 0 Å². The van der Waals surface area contributed by atoms with Crippen LogP contribution in [0.4, 0.5) is 5.82 Å². The normalized spacial score (nSPS) is 15.6. The quantitative estimate of drug-likeness (QED) is 0.437. The van der Waals surface area contributed by atoms with Crippen LogP contribution in [-0.2, 0) is 13.5 Å². The Morgan fingerprint density at radius 1 is 1.09 bits per heavy atom. The highest BCUT2D eigenvalue weighted by molar-refractivity contribution is 5.78. The summed E-state index contributed by atoms with van der Waals surface area (Å²) in [7, 11) is 1.82. The van der Waals surface area contributed by atoms with Gasteiger partial charge in [-0.25, -0.2) is 4.98 Å². The van der Waals surface area contributed by atoms with Crippen molar-refractivity contribution in [3.05, 3.63) is 81.9 Å². The zero-order valence-corrected chi connectivity index (χ0v) is 21.0. The van der Waals surface area contributed by atoms with E-state index in [9.17, 15) is 4.79 Å². The number of aromatic nitrogens is 2. The van der Waals surface area contributed by atoms with Crippen molar-refractivity contribution in [2.75, 3.05) is 24.6 Å². The van der Waals surface area contributed by atoms with Crippen LogP contribution in [0.3, 0.4) is 0 Å². The summed E-state index contributed by atoms with van der Waals surface area (Å²) in [6.45, 7) is 7.23. The van der Waals surface area contributed by atoms with Crippen molar-refractivity contribution in [2.24, 2.45) is 13.0 Å². The largest absolute Gasteiger partial charge is 0.494 e. The van der Waals surface area contributed by atoms with Gasteiger partial charge in [-0.3, -0.25) is 4.79 Å². The first-order valence-corrected chi connectivity index (χ1v) is 12.8. The fourth-order valence-corrected chi connectivity index (χ4v) is 5.15. The molecule has 1 aliphatic carbocycles. The summed E-state index contributed by atoms with van der Waals surface area (Å²) in [5, 5.41) is 0. The fourth-order valence-electron chi connectivity index (χ4n) is 5.15. The number of benzene rings is 1. The first kappa shape index (κ1) is 23.4. The molecule has 1 fully saturated rings. The van der Waals surface area contributed by atoms with Gasteiger partial charge in [0.15, 0.2) is 0 Å². The van der Waals surface area contributed by atoms with E-state index in [1.807, 2.05) is 19.4 Å². The van der Waals surface area contributed by atoms with E-state index in [4.69, 9.17) is 9.72 Å². The van der Waals surface area contributed by atoms with Gasteiger partial charge in [0.1, 0.15) is 11.6 Å². The average Bonchev–Trinajstić information content (AvgIpc) is 3.37. The predicted octanol–water partition coefficient (Wildman–Crippen LogP) is 5.83. The molecule has 0 radical (unpaired) electrons. The third-order valence-corrected chi connectivity index (χ3v) is 7.32. The van der Waals surface area contributed by atoms with Crippen LogP contribution in [0.1, 0.15) is 55.7 Å². The molecule has 0 N–H and O–H groups in total. The second-order valence-corrected chi connectivity index (χ2v) is 10.2. The molecule has 35 heavy (non-hydrogen) atoms. The second-order valence-electron chi connectivity index (χ2n) is 10.2. The summed E-state index contributed by atoms with van der Waals surface area (Å²) < 4.78 is 7.56. The van der Waals surface area contributed by atoms with Gasteiger partial charge < -0.3 is 14.2 Å². The summed E-state index contributed by atoms with van der Waals surface area (Å²) in [6, 6.07) is 13.0. The van der Waals surface area contributed by atoms with Gasteiger partial charge >= 0.3 is 0 Å². The Hall–Kier alpha value is -3.34. The fraction of sp³-hybridized carbons (Fsp3) is 0.400. The standard InChI is InChI=1S/C30H35N3O2/c1-21(2)15-18-35-25-10-7-22(8-11-25)23-13-16-33(17-14-23)29-12-9-24(19-31-29)28-20-32(3)30(34)27-6-4-5-26(27)28/h4-5,7-12,19-21,23H,6,13-18H2,1-3H3. The zero-order valence-electron chi connectivity index (χ0n) is 21.0. The van der Waals surface area contributed by atoms with E-state index >= 15 is 0 Å². The molecular formula is C30H35N3O2. The number of hydrogen-bond donors (Lipinski definition) is 0. The number of hydrogen-bond acceptors (Lipinski definition) is 4. The van der Waals surface area contributed by atoms with Crippen LogP contribution in [0.15, 0.2) is 59.7 Å². The zero-order chi connectivity index (χ0) is 24.4.